The number of carbonyl (C=O) groups is 1. The van der Waals surface area contributed by atoms with Crippen LogP contribution in [0.3, 0.4) is 0 Å². The summed E-state index contributed by atoms with van der Waals surface area (Å²) < 4.78 is 5.64. The van der Waals surface area contributed by atoms with Crippen LogP contribution in [0.15, 0.2) is 0 Å². The van der Waals surface area contributed by atoms with Gasteiger partial charge in [0.1, 0.15) is 6.04 Å². The standard InChI is InChI=1S/C11H19NO3/c1-7-2-5-9(15-7)6-12-10(11(13)14)8-3-4-8/h7-10,12H,2-6H2,1H3,(H,13,14). The molecule has 4 heteroatoms. The van der Waals surface area contributed by atoms with Gasteiger partial charge in [-0.2, -0.15) is 0 Å². The number of ether oxygens (including phenoxy) is 1. The van der Waals surface area contributed by atoms with Crippen molar-refractivity contribution in [1.82, 2.24) is 5.32 Å². The van der Waals surface area contributed by atoms with E-state index in [1.165, 1.54) is 0 Å². The number of aliphatic carboxylic acids is 1. The summed E-state index contributed by atoms with van der Waals surface area (Å²) in [6, 6.07) is -0.357. The van der Waals surface area contributed by atoms with Crippen molar-refractivity contribution >= 4 is 5.97 Å². The number of carboxylic acid groups (broad SMARTS) is 1. The van der Waals surface area contributed by atoms with Crippen LogP contribution >= 0.6 is 0 Å². The van der Waals surface area contributed by atoms with E-state index in [2.05, 4.69) is 12.2 Å². The Bertz CT molecular complexity index is 240. The van der Waals surface area contributed by atoms with Crippen LogP contribution in [0.2, 0.25) is 0 Å². The van der Waals surface area contributed by atoms with Crippen LogP contribution in [0.4, 0.5) is 0 Å². The molecular formula is C11H19NO3. The van der Waals surface area contributed by atoms with Gasteiger partial charge in [0.2, 0.25) is 0 Å². The summed E-state index contributed by atoms with van der Waals surface area (Å²) in [5.74, 6) is -0.370. The van der Waals surface area contributed by atoms with E-state index >= 15 is 0 Å². The summed E-state index contributed by atoms with van der Waals surface area (Å²) in [5.41, 5.74) is 0. The molecule has 0 spiro atoms. The summed E-state index contributed by atoms with van der Waals surface area (Å²) in [4.78, 5) is 10.9. The molecule has 1 saturated heterocycles. The normalized spacial score (nSPS) is 32.9. The molecule has 0 aromatic carbocycles. The minimum Gasteiger partial charge on any atom is -0.480 e. The van der Waals surface area contributed by atoms with Crippen LogP contribution in [0, 0.1) is 5.92 Å². The molecule has 2 aliphatic rings. The summed E-state index contributed by atoms with van der Waals surface area (Å²) >= 11 is 0. The van der Waals surface area contributed by atoms with Crippen molar-refractivity contribution in [3.63, 3.8) is 0 Å². The minimum absolute atomic E-state index is 0.209. The number of rotatable bonds is 5. The Morgan fingerprint density at radius 1 is 1.47 bits per heavy atom. The van der Waals surface area contributed by atoms with Crippen molar-refractivity contribution in [3.8, 4) is 0 Å². The highest BCUT2D eigenvalue weighted by Gasteiger charge is 2.36. The van der Waals surface area contributed by atoms with Crippen molar-refractivity contribution in [2.24, 2.45) is 5.92 Å². The molecule has 86 valence electrons. The Kier molecular flexibility index (Phi) is 3.26. The average molecular weight is 213 g/mol. The molecule has 1 heterocycles. The van der Waals surface area contributed by atoms with Crippen LogP contribution in [-0.4, -0.2) is 35.9 Å². The molecule has 0 amide bonds. The van der Waals surface area contributed by atoms with Gasteiger partial charge in [0, 0.05) is 6.54 Å². The van der Waals surface area contributed by atoms with Crippen LogP contribution in [-0.2, 0) is 9.53 Å². The van der Waals surface area contributed by atoms with Gasteiger partial charge in [-0.15, -0.1) is 0 Å². The molecule has 1 aliphatic carbocycles. The average Bonchev–Trinajstić information content (AvgIpc) is 2.90. The molecule has 2 rings (SSSR count). The van der Waals surface area contributed by atoms with Gasteiger partial charge in [-0.05, 0) is 38.5 Å². The fourth-order valence-electron chi connectivity index (χ4n) is 2.18. The number of hydrogen-bond acceptors (Lipinski definition) is 3. The second-order valence-corrected chi connectivity index (χ2v) is 4.71. The SMILES string of the molecule is CC1CCC(CNC(C(=O)O)C2CC2)O1. The van der Waals surface area contributed by atoms with Crippen molar-refractivity contribution in [2.75, 3.05) is 6.54 Å². The van der Waals surface area contributed by atoms with Gasteiger partial charge in [-0.1, -0.05) is 0 Å². The molecule has 2 fully saturated rings. The molecule has 3 unspecified atom stereocenters. The fourth-order valence-corrected chi connectivity index (χ4v) is 2.18. The Morgan fingerprint density at radius 2 is 2.20 bits per heavy atom. The highest BCUT2D eigenvalue weighted by Crippen LogP contribution is 2.32. The lowest BCUT2D eigenvalue weighted by Crippen LogP contribution is -2.42. The van der Waals surface area contributed by atoms with E-state index in [1.807, 2.05) is 0 Å². The van der Waals surface area contributed by atoms with E-state index in [9.17, 15) is 4.79 Å². The Balaban J connectivity index is 1.73. The lowest BCUT2D eigenvalue weighted by molar-refractivity contribution is -0.140. The Morgan fingerprint density at radius 3 is 2.67 bits per heavy atom. The topological polar surface area (TPSA) is 58.6 Å². The van der Waals surface area contributed by atoms with Crippen LogP contribution in [0.5, 0.6) is 0 Å². The van der Waals surface area contributed by atoms with E-state index in [1.54, 1.807) is 0 Å². The van der Waals surface area contributed by atoms with Crippen LogP contribution in [0.25, 0.3) is 0 Å². The molecule has 15 heavy (non-hydrogen) atoms. The predicted molar refractivity (Wildman–Crippen MR) is 55.7 cm³/mol. The van der Waals surface area contributed by atoms with Gasteiger partial charge in [0.25, 0.3) is 0 Å². The first-order chi connectivity index (χ1) is 7.16. The highest BCUT2D eigenvalue weighted by molar-refractivity contribution is 5.74. The molecule has 0 radical (unpaired) electrons. The molecular weight excluding hydrogens is 194 g/mol. The summed E-state index contributed by atoms with van der Waals surface area (Å²) in [7, 11) is 0. The summed E-state index contributed by atoms with van der Waals surface area (Å²) in [5, 5.41) is 12.1. The van der Waals surface area contributed by atoms with Crippen molar-refractivity contribution < 1.29 is 14.6 Å². The minimum atomic E-state index is -0.719. The Labute approximate surface area is 90.0 Å². The molecule has 1 saturated carbocycles. The number of carboxylic acids is 1. The molecule has 0 aromatic heterocycles. The smallest absolute Gasteiger partial charge is 0.320 e. The van der Waals surface area contributed by atoms with E-state index in [4.69, 9.17) is 9.84 Å². The zero-order valence-corrected chi connectivity index (χ0v) is 9.11. The molecule has 2 N–H and O–H groups in total. The molecule has 0 bridgehead atoms. The van der Waals surface area contributed by atoms with Gasteiger partial charge in [0.15, 0.2) is 0 Å². The second-order valence-electron chi connectivity index (χ2n) is 4.71. The number of hydrogen-bond donors (Lipinski definition) is 2. The number of nitrogens with one attached hydrogen (secondary N) is 1. The van der Waals surface area contributed by atoms with Crippen molar-refractivity contribution in [2.45, 2.75) is 50.9 Å². The zero-order chi connectivity index (χ0) is 10.8. The third kappa shape index (κ3) is 2.92. The van der Waals surface area contributed by atoms with Gasteiger partial charge < -0.3 is 15.2 Å². The van der Waals surface area contributed by atoms with Gasteiger partial charge >= 0.3 is 5.97 Å². The third-order valence-electron chi connectivity index (χ3n) is 3.24. The first-order valence-corrected chi connectivity index (χ1v) is 5.78. The van der Waals surface area contributed by atoms with Crippen molar-refractivity contribution in [1.29, 1.82) is 0 Å². The molecule has 4 nitrogen and oxygen atoms in total. The van der Waals surface area contributed by atoms with Gasteiger partial charge in [0.05, 0.1) is 12.2 Å². The fraction of sp³-hybridized carbons (Fsp3) is 0.909. The first-order valence-electron chi connectivity index (χ1n) is 5.78. The third-order valence-corrected chi connectivity index (χ3v) is 3.24. The lowest BCUT2D eigenvalue weighted by atomic mass is 10.1. The van der Waals surface area contributed by atoms with E-state index in [-0.39, 0.29) is 12.1 Å². The molecule has 3 atom stereocenters. The van der Waals surface area contributed by atoms with E-state index < -0.39 is 5.97 Å². The van der Waals surface area contributed by atoms with Gasteiger partial charge in [-0.25, -0.2) is 0 Å². The van der Waals surface area contributed by atoms with E-state index in [0.29, 0.717) is 18.6 Å². The lowest BCUT2D eigenvalue weighted by Gasteiger charge is -2.17. The quantitative estimate of drug-likeness (QED) is 0.715. The zero-order valence-electron chi connectivity index (χ0n) is 9.11. The maximum atomic E-state index is 10.9. The Hall–Kier alpha value is -0.610. The second kappa shape index (κ2) is 4.49. The van der Waals surface area contributed by atoms with Crippen molar-refractivity contribution in [3.05, 3.63) is 0 Å². The van der Waals surface area contributed by atoms with Crippen LogP contribution in [0.1, 0.15) is 32.6 Å². The van der Waals surface area contributed by atoms with Gasteiger partial charge in [-0.3, -0.25) is 4.79 Å². The summed E-state index contributed by atoms with van der Waals surface area (Å²) in [6.07, 6.45) is 4.78. The van der Waals surface area contributed by atoms with E-state index in [0.717, 1.165) is 25.7 Å². The molecule has 0 aromatic rings. The summed E-state index contributed by atoms with van der Waals surface area (Å²) in [6.45, 7) is 2.74. The largest absolute Gasteiger partial charge is 0.480 e. The highest BCUT2D eigenvalue weighted by atomic mass is 16.5. The molecule has 1 aliphatic heterocycles. The predicted octanol–water partition coefficient (Wildman–Crippen LogP) is 1.01. The maximum absolute atomic E-state index is 10.9. The van der Waals surface area contributed by atoms with Crippen LogP contribution < -0.4 is 5.32 Å². The first kappa shape index (κ1) is 10.9. The maximum Gasteiger partial charge on any atom is 0.320 e. The monoisotopic (exact) mass is 213 g/mol.